The molecule has 0 radical (unpaired) electrons. The number of pyridine rings is 1. The molecule has 0 fully saturated rings. The third kappa shape index (κ3) is 3.87. The van der Waals surface area contributed by atoms with Crippen molar-refractivity contribution in [1.82, 2.24) is 14.8 Å². The largest absolute Gasteiger partial charge is 0.433 e. The van der Waals surface area contributed by atoms with E-state index in [-0.39, 0.29) is 5.75 Å². The molecule has 0 aliphatic carbocycles. The molecule has 0 saturated heterocycles. The van der Waals surface area contributed by atoms with Crippen LogP contribution in [0.3, 0.4) is 0 Å². The van der Waals surface area contributed by atoms with Crippen LogP contribution in [0.15, 0.2) is 54.9 Å². The lowest BCUT2D eigenvalue weighted by atomic mass is 10.1. The van der Waals surface area contributed by atoms with Gasteiger partial charge in [0.15, 0.2) is 0 Å². The van der Waals surface area contributed by atoms with Crippen LogP contribution in [-0.4, -0.2) is 21.4 Å². The number of alkyl halides is 2. The Morgan fingerprint density at radius 2 is 1.96 bits per heavy atom. The van der Waals surface area contributed by atoms with Crippen LogP contribution in [-0.2, 0) is 13.6 Å². The summed E-state index contributed by atoms with van der Waals surface area (Å²) in [6, 6.07) is 12.9. The van der Waals surface area contributed by atoms with Crippen LogP contribution in [0.4, 0.5) is 14.6 Å². The van der Waals surface area contributed by atoms with Gasteiger partial charge >= 0.3 is 6.61 Å². The minimum atomic E-state index is -2.85. The number of anilines is 1. The smallest absolute Gasteiger partial charge is 0.387 e. The molecule has 0 saturated carbocycles. The van der Waals surface area contributed by atoms with Crippen LogP contribution < -0.4 is 10.1 Å². The fourth-order valence-corrected chi connectivity index (χ4v) is 2.35. The highest BCUT2D eigenvalue weighted by atomic mass is 19.3. The summed E-state index contributed by atoms with van der Waals surface area (Å²) >= 11 is 0. The first-order chi connectivity index (χ1) is 11.6. The molecule has 0 spiro atoms. The Morgan fingerprint density at radius 1 is 1.17 bits per heavy atom. The lowest BCUT2D eigenvalue weighted by Gasteiger charge is -2.07. The van der Waals surface area contributed by atoms with E-state index in [0.29, 0.717) is 12.4 Å². The second-order valence-corrected chi connectivity index (χ2v) is 5.15. The average molecular weight is 330 g/mol. The van der Waals surface area contributed by atoms with Gasteiger partial charge in [0.25, 0.3) is 0 Å². The third-order valence-corrected chi connectivity index (χ3v) is 3.37. The molecule has 0 unspecified atom stereocenters. The standard InChI is InChI=1S/C17H16F2N4O/c1-23-11-13(16(22-23)12-5-3-2-4-6-12)9-20-15-8-7-14(10-21-15)24-17(18)19/h2-8,10-11,17H,9H2,1H3,(H,20,21). The summed E-state index contributed by atoms with van der Waals surface area (Å²) in [4.78, 5) is 4.06. The third-order valence-electron chi connectivity index (χ3n) is 3.37. The molecule has 3 aromatic rings. The lowest BCUT2D eigenvalue weighted by Crippen LogP contribution is -2.04. The van der Waals surface area contributed by atoms with Gasteiger partial charge in [-0.15, -0.1) is 0 Å². The van der Waals surface area contributed by atoms with Gasteiger partial charge < -0.3 is 10.1 Å². The van der Waals surface area contributed by atoms with Crippen molar-refractivity contribution >= 4 is 5.82 Å². The van der Waals surface area contributed by atoms with Gasteiger partial charge in [-0.05, 0) is 12.1 Å². The maximum absolute atomic E-state index is 12.1. The van der Waals surface area contributed by atoms with Crippen molar-refractivity contribution < 1.29 is 13.5 Å². The average Bonchev–Trinajstić information content (AvgIpc) is 2.95. The lowest BCUT2D eigenvalue weighted by molar-refractivity contribution is -0.0500. The van der Waals surface area contributed by atoms with Gasteiger partial charge in [-0.25, -0.2) is 4.98 Å². The molecule has 124 valence electrons. The SMILES string of the molecule is Cn1cc(CNc2ccc(OC(F)F)cn2)c(-c2ccccc2)n1. The molecule has 1 N–H and O–H groups in total. The maximum atomic E-state index is 12.1. The van der Waals surface area contributed by atoms with Crippen LogP contribution in [0, 0.1) is 0 Å². The summed E-state index contributed by atoms with van der Waals surface area (Å²) in [6.07, 6.45) is 3.19. The first-order valence-corrected chi connectivity index (χ1v) is 7.34. The molecule has 7 heteroatoms. The highest BCUT2D eigenvalue weighted by Crippen LogP contribution is 2.22. The molecular weight excluding hydrogens is 314 g/mol. The topological polar surface area (TPSA) is 52.0 Å². The zero-order valence-electron chi connectivity index (χ0n) is 13.0. The van der Waals surface area contributed by atoms with Crippen molar-refractivity contribution in [1.29, 1.82) is 0 Å². The van der Waals surface area contributed by atoms with Gasteiger partial charge in [-0.3, -0.25) is 4.68 Å². The highest BCUT2D eigenvalue weighted by Gasteiger charge is 2.10. The summed E-state index contributed by atoms with van der Waals surface area (Å²) in [6.45, 7) is -2.34. The van der Waals surface area contributed by atoms with E-state index in [1.165, 1.54) is 12.3 Å². The van der Waals surface area contributed by atoms with Crippen LogP contribution in [0.1, 0.15) is 5.56 Å². The molecule has 0 amide bonds. The van der Waals surface area contributed by atoms with Gasteiger partial charge in [0, 0.05) is 30.9 Å². The summed E-state index contributed by atoms with van der Waals surface area (Å²) in [7, 11) is 1.87. The van der Waals surface area contributed by atoms with E-state index in [1.54, 1.807) is 10.7 Å². The summed E-state index contributed by atoms with van der Waals surface area (Å²) in [5, 5.41) is 7.65. The Labute approximate surface area is 137 Å². The number of hydrogen-bond donors (Lipinski definition) is 1. The van der Waals surface area contributed by atoms with Crippen LogP contribution in [0.5, 0.6) is 5.75 Å². The maximum Gasteiger partial charge on any atom is 0.387 e. The number of halogens is 2. The molecule has 0 aliphatic heterocycles. The minimum Gasteiger partial charge on any atom is -0.433 e. The number of aromatic nitrogens is 3. The van der Waals surface area contributed by atoms with Crippen molar-refractivity contribution in [3.8, 4) is 17.0 Å². The summed E-state index contributed by atoms with van der Waals surface area (Å²) in [5.41, 5.74) is 2.94. The number of nitrogens with zero attached hydrogens (tertiary/aromatic N) is 3. The van der Waals surface area contributed by atoms with Crippen molar-refractivity contribution in [2.24, 2.45) is 7.05 Å². The molecule has 0 bridgehead atoms. The normalized spacial score (nSPS) is 10.8. The van der Waals surface area contributed by atoms with Gasteiger partial charge in [0.05, 0.1) is 11.9 Å². The molecule has 5 nitrogen and oxygen atoms in total. The molecule has 1 aromatic carbocycles. The highest BCUT2D eigenvalue weighted by molar-refractivity contribution is 5.63. The molecule has 3 rings (SSSR count). The first kappa shape index (κ1) is 15.9. The summed E-state index contributed by atoms with van der Waals surface area (Å²) < 4.78 is 30.3. The quantitative estimate of drug-likeness (QED) is 0.749. The number of benzene rings is 1. The van der Waals surface area contributed by atoms with Crippen molar-refractivity contribution in [2.75, 3.05) is 5.32 Å². The van der Waals surface area contributed by atoms with E-state index >= 15 is 0 Å². The van der Waals surface area contributed by atoms with E-state index in [1.807, 2.05) is 43.6 Å². The number of rotatable bonds is 6. The Kier molecular flexibility index (Phi) is 4.69. The fraction of sp³-hybridized carbons (Fsp3) is 0.176. The molecule has 0 aliphatic rings. The van der Waals surface area contributed by atoms with Crippen molar-refractivity contribution in [2.45, 2.75) is 13.2 Å². The molecule has 2 aromatic heterocycles. The molecular formula is C17H16F2N4O. The zero-order chi connectivity index (χ0) is 16.9. The Bertz CT molecular complexity index is 788. The number of ether oxygens (including phenoxy) is 1. The second-order valence-electron chi connectivity index (χ2n) is 5.15. The predicted octanol–water partition coefficient (Wildman–Crippen LogP) is 3.70. The Balaban J connectivity index is 1.71. The number of hydrogen-bond acceptors (Lipinski definition) is 4. The molecule has 24 heavy (non-hydrogen) atoms. The van der Waals surface area contributed by atoms with Gasteiger partial charge in [0.1, 0.15) is 11.6 Å². The first-order valence-electron chi connectivity index (χ1n) is 7.34. The van der Waals surface area contributed by atoms with E-state index in [2.05, 4.69) is 20.1 Å². The second kappa shape index (κ2) is 7.08. The van der Waals surface area contributed by atoms with Crippen LogP contribution in [0.2, 0.25) is 0 Å². The predicted molar refractivity (Wildman–Crippen MR) is 86.8 cm³/mol. The van der Waals surface area contributed by atoms with Gasteiger partial charge in [-0.2, -0.15) is 13.9 Å². The van der Waals surface area contributed by atoms with Crippen molar-refractivity contribution in [3.05, 3.63) is 60.4 Å². The Morgan fingerprint density at radius 3 is 2.62 bits per heavy atom. The number of aryl methyl sites for hydroxylation is 1. The Hall–Kier alpha value is -2.96. The fourth-order valence-electron chi connectivity index (χ4n) is 2.35. The van der Waals surface area contributed by atoms with E-state index in [0.717, 1.165) is 16.8 Å². The monoisotopic (exact) mass is 330 g/mol. The van der Waals surface area contributed by atoms with Crippen LogP contribution in [0.25, 0.3) is 11.3 Å². The molecule has 2 heterocycles. The van der Waals surface area contributed by atoms with E-state index < -0.39 is 6.61 Å². The number of nitrogens with one attached hydrogen (secondary N) is 1. The van der Waals surface area contributed by atoms with Gasteiger partial charge in [-0.1, -0.05) is 30.3 Å². The van der Waals surface area contributed by atoms with Crippen molar-refractivity contribution in [3.63, 3.8) is 0 Å². The summed E-state index contributed by atoms with van der Waals surface area (Å²) in [5.74, 6) is 0.599. The van der Waals surface area contributed by atoms with Gasteiger partial charge in [0.2, 0.25) is 0 Å². The van der Waals surface area contributed by atoms with E-state index in [9.17, 15) is 8.78 Å². The van der Waals surface area contributed by atoms with E-state index in [4.69, 9.17) is 0 Å². The zero-order valence-corrected chi connectivity index (χ0v) is 13.0. The minimum absolute atomic E-state index is 0.0295. The van der Waals surface area contributed by atoms with Crippen LogP contribution >= 0.6 is 0 Å². The molecule has 0 atom stereocenters.